The van der Waals surface area contributed by atoms with Gasteiger partial charge in [-0.05, 0) is 13.8 Å². The SMILES string of the molecule is Cc1noc(C)c1CC(=O)N1CC[NH+](C(c2ccccc2)c2ccccc2)CC1. The molecule has 5 nitrogen and oxygen atoms in total. The second kappa shape index (κ2) is 8.62. The van der Waals surface area contributed by atoms with Gasteiger partial charge in [-0.2, -0.15) is 0 Å². The van der Waals surface area contributed by atoms with Crippen LogP contribution in [0.25, 0.3) is 0 Å². The number of benzene rings is 2. The highest BCUT2D eigenvalue weighted by atomic mass is 16.5. The Hall–Kier alpha value is -2.92. The molecule has 1 fully saturated rings. The summed E-state index contributed by atoms with van der Waals surface area (Å²) >= 11 is 0. The second-order valence-electron chi connectivity index (χ2n) is 7.77. The topological polar surface area (TPSA) is 50.8 Å². The smallest absolute Gasteiger partial charge is 0.227 e. The zero-order valence-corrected chi connectivity index (χ0v) is 17.1. The first-order chi connectivity index (χ1) is 14.1. The lowest BCUT2D eigenvalue weighted by atomic mass is 9.96. The fraction of sp³-hybridized carbons (Fsp3) is 0.333. The zero-order valence-electron chi connectivity index (χ0n) is 17.1. The summed E-state index contributed by atoms with van der Waals surface area (Å²) in [5, 5.41) is 3.97. The van der Waals surface area contributed by atoms with Crippen molar-refractivity contribution in [2.45, 2.75) is 26.3 Å². The van der Waals surface area contributed by atoms with E-state index in [1.807, 2.05) is 18.7 Å². The Balaban J connectivity index is 1.46. The molecule has 3 aromatic rings. The molecule has 1 aromatic heterocycles. The number of aromatic nitrogens is 1. The van der Waals surface area contributed by atoms with Crippen LogP contribution in [0.2, 0.25) is 0 Å². The molecular formula is C24H28N3O2+. The van der Waals surface area contributed by atoms with E-state index in [9.17, 15) is 4.79 Å². The monoisotopic (exact) mass is 390 g/mol. The van der Waals surface area contributed by atoms with Gasteiger partial charge in [0.15, 0.2) is 0 Å². The lowest BCUT2D eigenvalue weighted by Crippen LogP contribution is -3.15. The largest absolute Gasteiger partial charge is 0.361 e. The molecule has 0 spiro atoms. The second-order valence-corrected chi connectivity index (χ2v) is 7.77. The third kappa shape index (κ3) is 4.25. The summed E-state index contributed by atoms with van der Waals surface area (Å²) < 4.78 is 5.21. The van der Waals surface area contributed by atoms with Crippen molar-refractivity contribution in [3.05, 3.63) is 88.8 Å². The maximum Gasteiger partial charge on any atom is 0.227 e. The molecule has 2 aromatic carbocycles. The first-order valence-electron chi connectivity index (χ1n) is 10.3. The van der Waals surface area contributed by atoms with E-state index in [2.05, 4.69) is 65.8 Å². The van der Waals surface area contributed by atoms with Gasteiger partial charge in [0.25, 0.3) is 0 Å². The highest BCUT2D eigenvalue weighted by Crippen LogP contribution is 2.19. The maximum absolute atomic E-state index is 12.8. The molecule has 0 radical (unpaired) electrons. The summed E-state index contributed by atoms with van der Waals surface area (Å²) in [7, 11) is 0. The number of hydrogen-bond acceptors (Lipinski definition) is 3. The number of nitrogens with zero attached hydrogens (tertiary/aromatic N) is 2. The number of carbonyl (C=O) groups is 1. The fourth-order valence-corrected chi connectivity index (χ4v) is 4.30. The van der Waals surface area contributed by atoms with Crippen molar-refractivity contribution < 1.29 is 14.2 Å². The van der Waals surface area contributed by atoms with Crippen molar-refractivity contribution in [2.24, 2.45) is 0 Å². The maximum atomic E-state index is 12.8. The Kier molecular flexibility index (Phi) is 5.76. The molecule has 4 rings (SSSR count). The van der Waals surface area contributed by atoms with Gasteiger partial charge in [0, 0.05) is 16.7 Å². The summed E-state index contributed by atoms with van der Waals surface area (Å²) in [6.07, 6.45) is 0.372. The number of hydrogen-bond donors (Lipinski definition) is 1. The normalized spacial score (nSPS) is 15.1. The molecule has 1 N–H and O–H groups in total. The van der Waals surface area contributed by atoms with Crippen molar-refractivity contribution in [3.63, 3.8) is 0 Å². The fourth-order valence-electron chi connectivity index (χ4n) is 4.30. The Morgan fingerprint density at radius 2 is 1.55 bits per heavy atom. The Morgan fingerprint density at radius 3 is 2.03 bits per heavy atom. The molecular weight excluding hydrogens is 362 g/mol. The van der Waals surface area contributed by atoms with E-state index in [0.717, 1.165) is 43.2 Å². The van der Waals surface area contributed by atoms with E-state index in [4.69, 9.17) is 4.52 Å². The Bertz CT molecular complexity index is 886. The summed E-state index contributed by atoms with van der Waals surface area (Å²) in [5.74, 6) is 0.905. The number of rotatable bonds is 5. The molecule has 0 aliphatic carbocycles. The van der Waals surface area contributed by atoms with Crippen LogP contribution in [0.1, 0.15) is 34.2 Å². The van der Waals surface area contributed by atoms with E-state index in [0.29, 0.717) is 6.42 Å². The average Bonchev–Trinajstić information content (AvgIpc) is 3.08. The molecule has 1 aliphatic heterocycles. The van der Waals surface area contributed by atoms with Crippen molar-refractivity contribution in [1.29, 1.82) is 0 Å². The van der Waals surface area contributed by atoms with E-state index < -0.39 is 0 Å². The van der Waals surface area contributed by atoms with E-state index in [-0.39, 0.29) is 11.9 Å². The van der Waals surface area contributed by atoms with Gasteiger partial charge in [-0.1, -0.05) is 65.8 Å². The molecule has 0 bridgehead atoms. The molecule has 2 heterocycles. The lowest BCUT2D eigenvalue weighted by molar-refractivity contribution is -0.929. The first kappa shape index (κ1) is 19.4. The van der Waals surface area contributed by atoms with Gasteiger partial charge in [0.2, 0.25) is 5.91 Å². The number of amides is 1. The van der Waals surface area contributed by atoms with Crippen LogP contribution in [-0.2, 0) is 11.2 Å². The molecule has 5 heteroatoms. The molecule has 0 unspecified atom stereocenters. The number of carbonyl (C=O) groups excluding carboxylic acids is 1. The van der Waals surface area contributed by atoms with Crippen LogP contribution in [0.4, 0.5) is 0 Å². The minimum atomic E-state index is 0.162. The number of nitrogens with one attached hydrogen (secondary N) is 1. The predicted octanol–water partition coefficient (Wildman–Crippen LogP) is 2.35. The Labute approximate surface area is 171 Å². The van der Waals surface area contributed by atoms with Crippen molar-refractivity contribution >= 4 is 5.91 Å². The molecule has 1 saturated heterocycles. The minimum absolute atomic E-state index is 0.162. The number of quaternary nitrogens is 1. The lowest BCUT2D eigenvalue weighted by Gasteiger charge is -2.37. The molecule has 29 heavy (non-hydrogen) atoms. The summed E-state index contributed by atoms with van der Waals surface area (Å²) in [6, 6.07) is 21.7. The number of aryl methyl sites for hydroxylation is 2. The van der Waals surface area contributed by atoms with Gasteiger partial charge < -0.3 is 14.3 Å². The van der Waals surface area contributed by atoms with Gasteiger partial charge in [0.1, 0.15) is 11.8 Å². The third-order valence-corrected chi connectivity index (χ3v) is 5.94. The standard InChI is InChI=1S/C24H27N3O2/c1-18-22(19(2)29-25-18)17-23(28)26-13-15-27(16-14-26)24(20-9-5-3-6-10-20)21-11-7-4-8-12-21/h3-12,24H,13-17H2,1-2H3/p+1. The molecule has 1 aliphatic rings. The van der Waals surface area contributed by atoms with Gasteiger partial charge in [0.05, 0.1) is 38.3 Å². The van der Waals surface area contributed by atoms with Gasteiger partial charge in [-0.3, -0.25) is 4.79 Å². The van der Waals surface area contributed by atoms with E-state index in [1.165, 1.54) is 16.0 Å². The average molecular weight is 391 g/mol. The molecule has 1 amide bonds. The van der Waals surface area contributed by atoms with Gasteiger partial charge in [-0.25, -0.2) is 0 Å². The van der Waals surface area contributed by atoms with Crippen LogP contribution < -0.4 is 4.90 Å². The van der Waals surface area contributed by atoms with Crippen molar-refractivity contribution in [2.75, 3.05) is 26.2 Å². The summed E-state index contributed by atoms with van der Waals surface area (Å²) in [4.78, 5) is 16.3. The van der Waals surface area contributed by atoms with Crippen LogP contribution in [0.3, 0.4) is 0 Å². The van der Waals surface area contributed by atoms with E-state index in [1.54, 1.807) is 0 Å². The van der Waals surface area contributed by atoms with Crippen molar-refractivity contribution in [3.8, 4) is 0 Å². The van der Waals surface area contributed by atoms with Crippen LogP contribution in [0.5, 0.6) is 0 Å². The third-order valence-electron chi connectivity index (χ3n) is 5.94. The first-order valence-corrected chi connectivity index (χ1v) is 10.3. The van der Waals surface area contributed by atoms with Gasteiger partial charge >= 0.3 is 0 Å². The molecule has 0 atom stereocenters. The quantitative estimate of drug-likeness (QED) is 0.728. The van der Waals surface area contributed by atoms with Crippen LogP contribution in [0, 0.1) is 13.8 Å². The zero-order chi connectivity index (χ0) is 20.2. The van der Waals surface area contributed by atoms with E-state index >= 15 is 0 Å². The van der Waals surface area contributed by atoms with Crippen LogP contribution in [0.15, 0.2) is 65.2 Å². The van der Waals surface area contributed by atoms with Crippen LogP contribution >= 0.6 is 0 Å². The predicted molar refractivity (Wildman–Crippen MR) is 112 cm³/mol. The Morgan fingerprint density at radius 1 is 1.00 bits per heavy atom. The molecule has 150 valence electrons. The molecule has 0 saturated carbocycles. The summed E-state index contributed by atoms with van der Waals surface area (Å²) in [6.45, 7) is 7.17. The van der Waals surface area contributed by atoms with Crippen molar-refractivity contribution in [1.82, 2.24) is 10.1 Å². The summed E-state index contributed by atoms with van der Waals surface area (Å²) in [5.41, 5.74) is 4.39. The van der Waals surface area contributed by atoms with Gasteiger partial charge in [-0.15, -0.1) is 0 Å². The highest BCUT2D eigenvalue weighted by molar-refractivity contribution is 5.79. The number of piperazine rings is 1. The minimum Gasteiger partial charge on any atom is -0.361 e. The van der Waals surface area contributed by atoms with Crippen LogP contribution in [-0.4, -0.2) is 42.1 Å². The highest BCUT2D eigenvalue weighted by Gasteiger charge is 2.31.